The molecule has 0 bridgehead atoms. The van der Waals surface area contributed by atoms with E-state index in [-0.39, 0.29) is 11.9 Å². The van der Waals surface area contributed by atoms with Gasteiger partial charge in [0.05, 0.1) is 14.2 Å². The van der Waals surface area contributed by atoms with Crippen LogP contribution in [0.3, 0.4) is 0 Å². The number of hydrogen-bond donors (Lipinski definition) is 0. The molecule has 0 saturated heterocycles. The second-order valence-electron chi connectivity index (χ2n) is 3.07. The van der Waals surface area contributed by atoms with Crippen LogP contribution in [0.25, 0.3) is 0 Å². The summed E-state index contributed by atoms with van der Waals surface area (Å²) in [5, 5.41) is 0. The predicted molar refractivity (Wildman–Crippen MR) is 60.7 cm³/mol. The van der Waals surface area contributed by atoms with Crippen molar-refractivity contribution in [2.24, 2.45) is 0 Å². The zero-order chi connectivity index (χ0) is 12.6. The van der Waals surface area contributed by atoms with Gasteiger partial charge in [-0.2, -0.15) is 0 Å². The molecule has 0 unspecified atom stereocenters. The molecule has 0 atom stereocenters. The van der Waals surface area contributed by atoms with Gasteiger partial charge in [-0.25, -0.2) is 9.59 Å². The zero-order valence-electron chi connectivity index (χ0n) is 9.94. The summed E-state index contributed by atoms with van der Waals surface area (Å²) in [7, 11) is 2.65. The third-order valence-corrected chi connectivity index (χ3v) is 1.82. The summed E-state index contributed by atoms with van der Waals surface area (Å²) >= 11 is 0. The van der Waals surface area contributed by atoms with Crippen LogP contribution in [0.15, 0.2) is 35.5 Å². The monoisotopic (exact) mass is 224 g/mol. The highest BCUT2D eigenvalue weighted by Gasteiger charge is 2.00. The molecule has 0 aromatic carbocycles. The lowest BCUT2D eigenvalue weighted by Crippen LogP contribution is -2.01. The predicted octanol–water partition coefficient (Wildman–Crippen LogP) is 1.78. The van der Waals surface area contributed by atoms with Crippen LogP contribution in [0.4, 0.5) is 0 Å². The van der Waals surface area contributed by atoms with E-state index in [2.05, 4.69) is 9.47 Å². The average molecular weight is 224 g/mol. The number of esters is 2. The van der Waals surface area contributed by atoms with Crippen molar-refractivity contribution in [3.05, 3.63) is 35.5 Å². The first kappa shape index (κ1) is 14.2. The number of carbonyl (C=O) groups is 2. The molecular formula is C12H16O4. The Hall–Kier alpha value is -1.84. The molecule has 4 heteroatoms. The molecule has 16 heavy (non-hydrogen) atoms. The first-order chi connectivity index (χ1) is 7.52. The van der Waals surface area contributed by atoms with Gasteiger partial charge in [-0.3, -0.25) is 0 Å². The summed E-state index contributed by atoms with van der Waals surface area (Å²) < 4.78 is 9.03. The molecule has 0 aliphatic carbocycles. The average Bonchev–Trinajstić information content (AvgIpc) is 2.31. The number of carbonyl (C=O) groups excluding carboxylic acids is 2. The van der Waals surface area contributed by atoms with Crippen molar-refractivity contribution in [1.82, 2.24) is 0 Å². The van der Waals surface area contributed by atoms with Crippen LogP contribution in [0.2, 0.25) is 0 Å². The Morgan fingerprint density at radius 1 is 0.812 bits per heavy atom. The van der Waals surface area contributed by atoms with Crippen LogP contribution >= 0.6 is 0 Å². The molecule has 0 aromatic rings. The molecule has 4 nitrogen and oxygen atoms in total. The van der Waals surface area contributed by atoms with E-state index in [9.17, 15) is 9.59 Å². The van der Waals surface area contributed by atoms with Crippen LogP contribution in [0, 0.1) is 0 Å². The van der Waals surface area contributed by atoms with Gasteiger partial charge < -0.3 is 9.47 Å². The quantitative estimate of drug-likeness (QED) is 0.415. The SMILES string of the molecule is COC(=O)C(C)=CC=CC=C(C)C(=O)OC. The normalized spacial score (nSPS) is 12.8. The lowest BCUT2D eigenvalue weighted by atomic mass is 10.2. The smallest absolute Gasteiger partial charge is 0.333 e. The number of ether oxygens (including phenoxy) is 2. The number of allylic oxidation sites excluding steroid dienone is 4. The molecule has 0 aliphatic rings. The van der Waals surface area contributed by atoms with Crippen molar-refractivity contribution < 1.29 is 19.1 Å². The van der Waals surface area contributed by atoms with E-state index in [0.717, 1.165) is 0 Å². The van der Waals surface area contributed by atoms with Gasteiger partial charge in [0.15, 0.2) is 0 Å². The molecule has 0 spiro atoms. The zero-order valence-corrected chi connectivity index (χ0v) is 9.94. The molecule has 0 heterocycles. The molecule has 0 radical (unpaired) electrons. The van der Waals surface area contributed by atoms with Crippen molar-refractivity contribution in [1.29, 1.82) is 0 Å². The summed E-state index contributed by atoms with van der Waals surface area (Å²) in [5.41, 5.74) is 0.978. The first-order valence-corrected chi connectivity index (χ1v) is 4.71. The third-order valence-electron chi connectivity index (χ3n) is 1.82. The fourth-order valence-electron chi connectivity index (χ4n) is 0.858. The molecule has 0 aliphatic heterocycles. The van der Waals surface area contributed by atoms with E-state index < -0.39 is 0 Å². The van der Waals surface area contributed by atoms with Gasteiger partial charge in [-0.1, -0.05) is 24.3 Å². The maximum atomic E-state index is 11.0. The maximum Gasteiger partial charge on any atom is 0.333 e. The highest BCUT2D eigenvalue weighted by molar-refractivity contribution is 5.88. The summed E-state index contributed by atoms with van der Waals surface area (Å²) in [5.74, 6) is -0.753. The Kier molecular flexibility index (Phi) is 6.59. The van der Waals surface area contributed by atoms with Gasteiger partial charge in [0, 0.05) is 11.1 Å². The lowest BCUT2D eigenvalue weighted by molar-refractivity contribution is -0.136. The molecular weight excluding hydrogens is 208 g/mol. The van der Waals surface area contributed by atoms with E-state index in [1.165, 1.54) is 14.2 Å². The van der Waals surface area contributed by atoms with E-state index in [0.29, 0.717) is 11.1 Å². The van der Waals surface area contributed by atoms with Crippen LogP contribution < -0.4 is 0 Å². The van der Waals surface area contributed by atoms with Gasteiger partial charge in [-0.05, 0) is 13.8 Å². The standard InChI is InChI=1S/C12H16O4/c1-9(11(13)15-3)7-5-6-8-10(2)12(14)16-4/h5-8H,1-4H3. The molecule has 0 N–H and O–H groups in total. The minimum absolute atomic E-state index is 0.377. The molecule has 88 valence electrons. The van der Waals surface area contributed by atoms with Gasteiger partial charge in [0.25, 0.3) is 0 Å². The van der Waals surface area contributed by atoms with Gasteiger partial charge in [-0.15, -0.1) is 0 Å². The van der Waals surface area contributed by atoms with Crippen molar-refractivity contribution in [3.63, 3.8) is 0 Å². The fraction of sp³-hybridized carbons (Fsp3) is 0.333. The minimum Gasteiger partial charge on any atom is -0.466 e. The topological polar surface area (TPSA) is 52.6 Å². The third kappa shape index (κ3) is 5.14. The molecule has 0 aromatic heterocycles. The summed E-state index contributed by atoms with van der Waals surface area (Å²) in [6, 6.07) is 0. The Morgan fingerprint density at radius 3 is 1.38 bits per heavy atom. The van der Waals surface area contributed by atoms with E-state index in [4.69, 9.17) is 0 Å². The van der Waals surface area contributed by atoms with E-state index >= 15 is 0 Å². The summed E-state index contributed by atoms with van der Waals surface area (Å²) in [4.78, 5) is 22.0. The molecule has 0 saturated carbocycles. The highest BCUT2D eigenvalue weighted by Crippen LogP contribution is 1.98. The largest absolute Gasteiger partial charge is 0.466 e. The van der Waals surface area contributed by atoms with Crippen molar-refractivity contribution in [3.8, 4) is 0 Å². The number of hydrogen-bond acceptors (Lipinski definition) is 4. The van der Waals surface area contributed by atoms with Crippen LogP contribution in [0.5, 0.6) is 0 Å². The Balaban J connectivity index is 4.42. The molecule has 0 fully saturated rings. The minimum atomic E-state index is -0.377. The van der Waals surface area contributed by atoms with Crippen molar-refractivity contribution >= 4 is 11.9 Å². The number of methoxy groups -OCH3 is 2. The lowest BCUT2D eigenvalue weighted by Gasteiger charge is -1.96. The Bertz CT molecular complexity index is 314. The fourth-order valence-corrected chi connectivity index (χ4v) is 0.858. The van der Waals surface area contributed by atoms with E-state index in [1.54, 1.807) is 38.2 Å². The highest BCUT2D eigenvalue weighted by atomic mass is 16.5. The first-order valence-electron chi connectivity index (χ1n) is 4.71. The van der Waals surface area contributed by atoms with Gasteiger partial charge in [0.2, 0.25) is 0 Å². The molecule has 0 amide bonds. The van der Waals surface area contributed by atoms with Crippen molar-refractivity contribution in [2.45, 2.75) is 13.8 Å². The second-order valence-corrected chi connectivity index (χ2v) is 3.07. The number of rotatable bonds is 4. The van der Waals surface area contributed by atoms with E-state index in [1.807, 2.05) is 0 Å². The Morgan fingerprint density at radius 2 is 1.12 bits per heavy atom. The van der Waals surface area contributed by atoms with Crippen molar-refractivity contribution in [2.75, 3.05) is 14.2 Å². The van der Waals surface area contributed by atoms with Crippen LogP contribution in [-0.4, -0.2) is 26.2 Å². The summed E-state index contributed by atoms with van der Waals surface area (Å²) in [6.07, 6.45) is 6.51. The second kappa shape index (κ2) is 7.45. The maximum absolute atomic E-state index is 11.0. The summed E-state index contributed by atoms with van der Waals surface area (Å²) in [6.45, 7) is 3.29. The molecule has 0 rings (SSSR count). The van der Waals surface area contributed by atoms with Crippen LogP contribution in [-0.2, 0) is 19.1 Å². The van der Waals surface area contributed by atoms with Gasteiger partial charge in [0.1, 0.15) is 0 Å². The van der Waals surface area contributed by atoms with Gasteiger partial charge >= 0.3 is 11.9 Å². The Labute approximate surface area is 95.2 Å². The van der Waals surface area contributed by atoms with Crippen LogP contribution in [0.1, 0.15) is 13.8 Å².